The Kier molecular flexibility index (Phi) is 11.7. The molecule has 1 atom stereocenters. The second kappa shape index (κ2) is 11.7. The van der Waals surface area contributed by atoms with Crippen molar-refractivity contribution in [3.05, 3.63) is 28.5 Å². The first kappa shape index (κ1) is 21.1. The Morgan fingerprint density at radius 1 is 1.29 bits per heavy atom. The first-order chi connectivity index (χ1) is 9.33. The monoisotopic (exact) mass is 397 g/mol. The normalized spacial score (nSPS) is 16.7. The molecule has 1 aliphatic heterocycles. The van der Waals surface area contributed by atoms with Crippen molar-refractivity contribution < 1.29 is 0 Å². The predicted molar refractivity (Wildman–Crippen MR) is 97.8 cm³/mol. The zero-order valence-electron chi connectivity index (χ0n) is 12.6. The molecule has 1 fully saturated rings. The minimum absolute atomic E-state index is 0. The molecular formula is C15H26BrCl2N3. The van der Waals surface area contributed by atoms with Crippen LogP contribution in [0.15, 0.2) is 22.9 Å². The van der Waals surface area contributed by atoms with E-state index < -0.39 is 0 Å². The number of hydrogen-bond donors (Lipinski definition) is 1. The molecule has 0 aliphatic carbocycles. The molecule has 0 spiro atoms. The lowest BCUT2D eigenvalue weighted by Gasteiger charge is -2.35. The molecule has 0 amide bonds. The third-order valence-electron chi connectivity index (χ3n) is 3.82. The van der Waals surface area contributed by atoms with Gasteiger partial charge in [0.05, 0.1) is 0 Å². The molecule has 0 unspecified atom stereocenters. The van der Waals surface area contributed by atoms with Crippen LogP contribution < -0.4 is 5.32 Å². The summed E-state index contributed by atoms with van der Waals surface area (Å²) in [4.78, 5) is 7.00. The Morgan fingerprint density at radius 3 is 2.62 bits per heavy atom. The zero-order chi connectivity index (χ0) is 13.5. The number of aromatic nitrogens is 1. The highest BCUT2D eigenvalue weighted by Crippen LogP contribution is 2.30. The van der Waals surface area contributed by atoms with Crippen LogP contribution in [0.25, 0.3) is 0 Å². The summed E-state index contributed by atoms with van der Waals surface area (Å²) in [7, 11) is 0. The fraction of sp³-hybridized carbons (Fsp3) is 0.667. The van der Waals surface area contributed by atoms with E-state index in [0.29, 0.717) is 6.04 Å². The number of nitrogens with one attached hydrogen (secondary N) is 1. The van der Waals surface area contributed by atoms with Crippen molar-refractivity contribution in [3.8, 4) is 0 Å². The molecule has 0 saturated carbocycles. The Labute approximate surface area is 149 Å². The van der Waals surface area contributed by atoms with Gasteiger partial charge in [0.1, 0.15) is 4.60 Å². The molecule has 2 rings (SSSR count). The van der Waals surface area contributed by atoms with Crippen molar-refractivity contribution in [3.63, 3.8) is 0 Å². The van der Waals surface area contributed by atoms with E-state index in [9.17, 15) is 0 Å². The maximum absolute atomic E-state index is 4.40. The molecule has 6 heteroatoms. The van der Waals surface area contributed by atoms with Gasteiger partial charge in [0.25, 0.3) is 0 Å². The zero-order valence-corrected chi connectivity index (χ0v) is 15.8. The van der Waals surface area contributed by atoms with Gasteiger partial charge in [0.2, 0.25) is 0 Å². The van der Waals surface area contributed by atoms with Crippen LogP contribution in [-0.4, -0.2) is 36.1 Å². The van der Waals surface area contributed by atoms with E-state index in [2.05, 4.69) is 50.2 Å². The summed E-state index contributed by atoms with van der Waals surface area (Å²) in [6.45, 7) is 6.74. The predicted octanol–water partition coefficient (Wildman–Crippen LogP) is 4.21. The van der Waals surface area contributed by atoms with E-state index in [1.807, 2.05) is 6.20 Å². The Balaban J connectivity index is 0.00000200. The van der Waals surface area contributed by atoms with Crippen LogP contribution in [-0.2, 0) is 0 Å². The first-order valence-corrected chi connectivity index (χ1v) is 8.17. The largest absolute Gasteiger partial charge is 0.314 e. The minimum atomic E-state index is 0. The highest BCUT2D eigenvalue weighted by atomic mass is 79.9. The SMILES string of the molecule is CCCCC[C@H](c1cccnc1Br)N1CCNCC1.Cl.Cl. The fourth-order valence-electron chi connectivity index (χ4n) is 2.76. The molecule has 1 aromatic heterocycles. The Hall–Kier alpha value is 0.130. The van der Waals surface area contributed by atoms with Crippen LogP contribution in [0.1, 0.15) is 44.2 Å². The molecule has 0 bridgehead atoms. The Morgan fingerprint density at radius 2 is 2.00 bits per heavy atom. The number of hydrogen-bond acceptors (Lipinski definition) is 3. The standard InChI is InChI=1S/C15H24BrN3.2ClH/c1-2-3-4-7-14(19-11-9-17-10-12-19)13-6-5-8-18-15(13)16;;/h5-6,8,14,17H,2-4,7,9-12H2,1H3;2*1H/t14-;;/m1../s1. The van der Waals surface area contributed by atoms with Gasteiger partial charge in [0.15, 0.2) is 0 Å². The van der Waals surface area contributed by atoms with E-state index in [-0.39, 0.29) is 24.8 Å². The van der Waals surface area contributed by atoms with Gasteiger partial charge in [-0.25, -0.2) is 4.98 Å². The maximum Gasteiger partial charge on any atom is 0.110 e. The van der Waals surface area contributed by atoms with Gasteiger partial charge < -0.3 is 5.32 Å². The lowest BCUT2D eigenvalue weighted by atomic mass is 9.99. The van der Waals surface area contributed by atoms with Crippen molar-refractivity contribution >= 4 is 40.7 Å². The highest BCUT2D eigenvalue weighted by molar-refractivity contribution is 9.10. The first-order valence-electron chi connectivity index (χ1n) is 7.38. The second-order valence-electron chi connectivity index (χ2n) is 5.18. The second-order valence-corrected chi connectivity index (χ2v) is 5.93. The molecule has 0 radical (unpaired) electrons. The summed E-state index contributed by atoms with van der Waals surface area (Å²) in [6, 6.07) is 4.78. The van der Waals surface area contributed by atoms with E-state index in [1.54, 1.807) is 0 Å². The summed E-state index contributed by atoms with van der Waals surface area (Å²) in [5.41, 5.74) is 1.35. The van der Waals surface area contributed by atoms with Crippen LogP contribution in [0.5, 0.6) is 0 Å². The molecule has 1 aliphatic rings. The van der Waals surface area contributed by atoms with E-state index in [1.165, 1.54) is 31.2 Å². The number of piperazine rings is 1. The smallest absolute Gasteiger partial charge is 0.110 e. The van der Waals surface area contributed by atoms with Gasteiger partial charge in [-0.15, -0.1) is 24.8 Å². The van der Waals surface area contributed by atoms with E-state index >= 15 is 0 Å². The van der Waals surface area contributed by atoms with Crippen molar-refractivity contribution in [1.29, 1.82) is 0 Å². The number of unbranched alkanes of at least 4 members (excludes halogenated alkanes) is 2. The summed E-state index contributed by atoms with van der Waals surface area (Å²) >= 11 is 3.62. The number of halogens is 3. The molecule has 1 N–H and O–H groups in total. The lowest BCUT2D eigenvalue weighted by Crippen LogP contribution is -2.45. The van der Waals surface area contributed by atoms with E-state index in [0.717, 1.165) is 30.8 Å². The van der Waals surface area contributed by atoms with Gasteiger partial charge in [-0.2, -0.15) is 0 Å². The van der Waals surface area contributed by atoms with Gasteiger partial charge in [-0.05, 0) is 28.4 Å². The minimum Gasteiger partial charge on any atom is -0.314 e. The third-order valence-corrected chi connectivity index (χ3v) is 4.48. The van der Waals surface area contributed by atoms with Crippen LogP contribution in [0.4, 0.5) is 0 Å². The van der Waals surface area contributed by atoms with Crippen LogP contribution in [0, 0.1) is 0 Å². The van der Waals surface area contributed by atoms with Crippen LogP contribution in [0.2, 0.25) is 0 Å². The summed E-state index contributed by atoms with van der Waals surface area (Å²) in [6.07, 6.45) is 6.99. The molecule has 1 saturated heterocycles. The third kappa shape index (κ3) is 6.41. The Bertz CT molecular complexity index is 387. The number of rotatable bonds is 6. The van der Waals surface area contributed by atoms with Gasteiger partial charge >= 0.3 is 0 Å². The van der Waals surface area contributed by atoms with Gasteiger partial charge in [-0.3, -0.25) is 4.90 Å². The molecule has 3 nitrogen and oxygen atoms in total. The maximum atomic E-state index is 4.40. The number of pyridine rings is 1. The summed E-state index contributed by atoms with van der Waals surface area (Å²) in [5, 5.41) is 3.43. The van der Waals surface area contributed by atoms with Crippen molar-refractivity contribution in [2.45, 2.75) is 38.6 Å². The summed E-state index contributed by atoms with van der Waals surface area (Å²) < 4.78 is 1.01. The topological polar surface area (TPSA) is 28.2 Å². The average molecular weight is 399 g/mol. The highest BCUT2D eigenvalue weighted by Gasteiger charge is 2.23. The fourth-order valence-corrected chi connectivity index (χ4v) is 3.28. The molecule has 122 valence electrons. The number of nitrogens with zero attached hydrogens (tertiary/aromatic N) is 2. The van der Waals surface area contributed by atoms with Crippen molar-refractivity contribution in [2.75, 3.05) is 26.2 Å². The van der Waals surface area contributed by atoms with Gasteiger partial charge in [0, 0.05) is 44.0 Å². The molecular weight excluding hydrogens is 373 g/mol. The van der Waals surface area contributed by atoms with Crippen LogP contribution in [0.3, 0.4) is 0 Å². The lowest BCUT2D eigenvalue weighted by molar-refractivity contribution is 0.162. The van der Waals surface area contributed by atoms with Gasteiger partial charge in [-0.1, -0.05) is 32.3 Å². The van der Waals surface area contributed by atoms with Crippen molar-refractivity contribution in [2.24, 2.45) is 0 Å². The summed E-state index contributed by atoms with van der Waals surface area (Å²) in [5.74, 6) is 0. The average Bonchev–Trinajstić information content (AvgIpc) is 2.46. The van der Waals surface area contributed by atoms with Crippen molar-refractivity contribution in [1.82, 2.24) is 15.2 Å². The molecule has 1 aromatic rings. The molecule has 21 heavy (non-hydrogen) atoms. The molecule has 0 aromatic carbocycles. The van der Waals surface area contributed by atoms with E-state index in [4.69, 9.17) is 0 Å². The van der Waals surface area contributed by atoms with Crippen LogP contribution >= 0.6 is 40.7 Å². The molecule has 2 heterocycles. The quantitative estimate of drug-likeness (QED) is 0.574.